The Labute approximate surface area is 205 Å². The summed E-state index contributed by atoms with van der Waals surface area (Å²) < 4.78 is 7.43. The second-order valence-electron chi connectivity index (χ2n) is 8.69. The van der Waals surface area contributed by atoms with Crippen molar-refractivity contribution in [1.82, 2.24) is 30.3 Å². The van der Waals surface area contributed by atoms with Gasteiger partial charge in [-0.05, 0) is 32.2 Å². The number of aromatic nitrogens is 3. The summed E-state index contributed by atoms with van der Waals surface area (Å²) >= 11 is 0. The van der Waals surface area contributed by atoms with Crippen molar-refractivity contribution in [2.45, 2.75) is 64.8 Å². The molecule has 9 heteroatoms. The second kappa shape index (κ2) is 15.0. The van der Waals surface area contributed by atoms with Gasteiger partial charge in [0.1, 0.15) is 12.4 Å². The number of aryl methyl sites for hydroxylation is 1. The summed E-state index contributed by atoms with van der Waals surface area (Å²) in [4.78, 5) is 7.24. The molecular formula is C22H42IN7O. The molecule has 1 aromatic heterocycles. The first kappa shape index (κ1) is 26.3. The molecule has 1 saturated heterocycles. The van der Waals surface area contributed by atoms with Crippen LogP contribution in [0.15, 0.2) is 4.99 Å². The third-order valence-corrected chi connectivity index (χ3v) is 6.41. The largest absolute Gasteiger partial charge is 0.379 e. The SMILES string of the molecule is Cc1nnc(CN=C(NCCCCC2CCCC2)NCCCN2CCOCC2)n1C.I. The molecule has 0 unspecified atom stereocenters. The zero-order chi connectivity index (χ0) is 21.0. The average Bonchev–Trinajstić information content (AvgIpc) is 3.40. The number of unbranched alkanes of at least 4 members (excludes halogenated alkanes) is 1. The summed E-state index contributed by atoms with van der Waals surface area (Å²) in [5, 5.41) is 15.4. The van der Waals surface area contributed by atoms with Crippen molar-refractivity contribution in [2.75, 3.05) is 45.9 Å². The minimum Gasteiger partial charge on any atom is -0.379 e. The quantitative estimate of drug-likeness (QED) is 0.192. The number of guanidine groups is 1. The van der Waals surface area contributed by atoms with Gasteiger partial charge in [-0.3, -0.25) is 4.90 Å². The van der Waals surface area contributed by atoms with E-state index >= 15 is 0 Å². The molecule has 178 valence electrons. The minimum atomic E-state index is 0. The van der Waals surface area contributed by atoms with Gasteiger partial charge < -0.3 is 19.9 Å². The lowest BCUT2D eigenvalue weighted by Gasteiger charge is -2.26. The first-order valence-corrected chi connectivity index (χ1v) is 11.9. The van der Waals surface area contributed by atoms with E-state index in [1.54, 1.807) is 0 Å². The van der Waals surface area contributed by atoms with E-state index in [4.69, 9.17) is 9.73 Å². The molecule has 0 atom stereocenters. The van der Waals surface area contributed by atoms with E-state index in [0.29, 0.717) is 6.54 Å². The fourth-order valence-corrected chi connectivity index (χ4v) is 4.31. The topological polar surface area (TPSA) is 79.6 Å². The molecule has 3 rings (SSSR count). The molecule has 2 aliphatic rings. The number of halogens is 1. The molecule has 1 saturated carbocycles. The summed E-state index contributed by atoms with van der Waals surface area (Å²) in [6.07, 6.45) is 10.8. The van der Waals surface area contributed by atoms with E-state index in [2.05, 4.69) is 25.7 Å². The fourth-order valence-electron chi connectivity index (χ4n) is 4.31. The van der Waals surface area contributed by atoms with E-state index in [0.717, 1.165) is 75.9 Å². The Bertz CT molecular complexity index is 640. The monoisotopic (exact) mass is 547 g/mol. The van der Waals surface area contributed by atoms with Crippen LogP contribution < -0.4 is 10.6 Å². The number of nitrogens with one attached hydrogen (secondary N) is 2. The number of nitrogens with zero attached hydrogens (tertiary/aromatic N) is 5. The van der Waals surface area contributed by atoms with Gasteiger partial charge in [-0.25, -0.2) is 4.99 Å². The molecule has 0 amide bonds. The van der Waals surface area contributed by atoms with Crippen LogP contribution in [0.3, 0.4) is 0 Å². The van der Waals surface area contributed by atoms with Gasteiger partial charge in [-0.1, -0.05) is 38.5 Å². The van der Waals surface area contributed by atoms with Gasteiger partial charge in [-0.2, -0.15) is 0 Å². The highest BCUT2D eigenvalue weighted by molar-refractivity contribution is 14.0. The van der Waals surface area contributed by atoms with Crippen LogP contribution >= 0.6 is 24.0 Å². The molecule has 2 heterocycles. The maximum absolute atomic E-state index is 5.43. The third kappa shape index (κ3) is 9.61. The summed E-state index contributed by atoms with van der Waals surface area (Å²) in [5.41, 5.74) is 0. The molecule has 1 aliphatic carbocycles. The van der Waals surface area contributed by atoms with E-state index in [1.165, 1.54) is 44.9 Å². The van der Waals surface area contributed by atoms with Crippen LogP contribution in [0.2, 0.25) is 0 Å². The highest BCUT2D eigenvalue weighted by Crippen LogP contribution is 2.28. The number of ether oxygens (including phenoxy) is 1. The predicted octanol–water partition coefficient (Wildman–Crippen LogP) is 2.86. The van der Waals surface area contributed by atoms with Crippen LogP contribution in [0.4, 0.5) is 0 Å². The molecule has 1 aliphatic heterocycles. The molecule has 0 radical (unpaired) electrons. The van der Waals surface area contributed by atoms with Gasteiger partial charge in [0.15, 0.2) is 11.8 Å². The Morgan fingerprint density at radius 1 is 1.06 bits per heavy atom. The van der Waals surface area contributed by atoms with Crippen LogP contribution in [-0.2, 0) is 18.3 Å². The van der Waals surface area contributed by atoms with Crippen molar-refractivity contribution in [2.24, 2.45) is 18.0 Å². The average molecular weight is 548 g/mol. The van der Waals surface area contributed by atoms with Gasteiger partial charge in [0.05, 0.1) is 13.2 Å². The van der Waals surface area contributed by atoms with Crippen LogP contribution in [0.5, 0.6) is 0 Å². The number of hydrogen-bond acceptors (Lipinski definition) is 5. The standard InChI is InChI=1S/C22H41N7O.HI/c1-19-26-27-21(28(19)2)18-25-22(23-11-6-5-10-20-8-3-4-9-20)24-12-7-13-29-14-16-30-17-15-29;/h20H,3-18H2,1-2H3,(H2,23,24,25);1H. The fraction of sp³-hybridized carbons (Fsp3) is 0.864. The Hall–Kier alpha value is -0.940. The second-order valence-corrected chi connectivity index (χ2v) is 8.69. The number of rotatable bonds is 11. The van der Waals surface area contributed by atoms with Gasteiger partial charge in [-0.15, -0.1) is 34.2 Å². The van der Waals surface area contributed by atoms with Crippen molar-refractivity contribution < 1.29 is 4.74 Å². The van der Waals surface area contributed by atoms with Gasteiger partial charge in [0.2, 0.25) is 0 Å². The van der Waals surface area contributed by atoms with Crippen molar-refractivity contribution >= 4 is 29.9 Å². The number of hydrogen-bond donors (Lipinski definition) is 2. The summed E-state index contributed by atoms with van der Waals surface area (Å²) in [6.45, 7) is 9.32. The molecule has 2 N–H and O–H groups in total. The van der Waals surface area contributed by atoms with Crippen LogP contribution in [0.1, 0.15) is 63.0 Å². The first-order chi connectivity index (χ1) is 14.7. The Morgan fingerprint density at radius 2 is 1.77 bits per heavy atom. The lowest BCUT2D eigenvalue weighted by atomic mass is 10.0. The lowest BCUT2D eigenvalue weighted by Crippen LogP contribution is -2.41. The summed E-state index contributed by atoms with van der Waals surface area (Å²) in [5.74, 6) is 3.68. The van der Waals surface area contributed by atoms with Gasteiger partial charge >= 0.3 is 0 Å². The van der Waals surface area contributed by atoms with Gasteiger partial charge in [0.25, 0.3) is 0 Å². The lowest BCUT2D eigenvalue weighted by molar-refractivity contribution is 0.0376. The normalized spacial score (nSPS) is 18.2. The number of morpholine rings is 1. The van der Waals surface area contributed by atoms with E-state index in [-0.39, 0.29) is 24.0 Å². The zero-order valence-electron chi connectivity index (χ0n) is 19.4. The van der Waals surface area contributed by atoms with Crippen molar-refractivity contribution in [3.63, 3.8) is 0 Å². The molecule has 0 aromatic carbocycles. The van der Waals surface area contributed by atoms with E-state index in [9.17, 15) is 0 Å². The van der Waals surface area contributed by atoms with Crippen molar-refractivity contribution in [1.29, 1.82) is 0 Å². The van der Waals surface area contributed by atoms with Crippen molar-refractivity contribution in [3.8, 4) is 0 Å². The minimum absolute atomic E-state index is 0. The van der Waals surface area contributed by atoms with Crippen LogP contribution in [-0.4, -0.2) is 71.6 Å². The third-order valence-electron chi connectivity index (χ3n) is 6.41. The first-order valence-electron chi connectivity index (χ1n) is 11.9. The van der Waals surface area contributed by atoms with Gasteiger partial charge in [0, 0.05) is 33.2 Å². The predicted molar refractivity (Wildman–Crippen MR) is 136 cm³/mol. The molecule has 0 spiro atoms. The smallest absolute Gasteiger partial charge is 0.191 e. The van der Waals surface area contributed by atoms with E-state index in [1.807, 2.05) is 18.5 Å². The van der Waals surface area contributed by atoms with Crippen LogP contribution in [0.25, 0.3) is 0 Å². The molecule has 8 nitrogen and oxygen atoms in total. The molecule has 2 fully saturated rings. The summed E-state index contributed by atoms with van der Waals surface area (Å²) in [7, 11) is 1.99. The Balaban J connectivity index is 0.00000341. The van der Waals surface area contributed by atoms with E-state index < -0.39 is 0 Å². The highest BCUT2D eigenvalue weighted by Gasteiger charge is 2.14. The molecule has 1 aromatic rings. The maximum Gasteiger partial charge on any atom is 0.191 e. The maximum atomic E-state index is 5.43. The molecular weight excluding hydrogens is 505 g/mol. The summed E-state index contributed by atoms with van der Waals surface area (Å²) in [6, 6.07) is 0. The molecule has 0 bridgehead atoms. The molecule has 31 heavy (non-hydrogen) atoms. The Kier molecular flexibility index (Phi) is 12.7. The number of aliphatic imine (C=N–C) groups is 1. The van der Waals surface area contributed by atoms with Crippen molar-refractivity contribution in [3.05, 3.63) is 11.6 Å². The zero-order valence-corrected chi connectivity index (χ0v) is 21.8. The van der Waals surface area contributed by atoms with Crippen LogP contribution in [0, 0.1) is 12.8 Å². The Morgan fingerprint density at radius 3 is 2.45 bits per heavy atom. The highest BCUT2D eigenvalue weighted by atomic mass is 127.